The Morgan fingerprint density at radius 2 is 1.96 bits per heavy atom. The zero-order valence-corrected chi connectivity index (χ0v) is 13.5. The quantitative estimate of drug-likeness (QED) is 0.366. The van der Waals surface area contributed by atoms with Crippen LogP contribution in [0.15, 0.2) is 34.1 Å². The molecule has 0 radical (unpaired) electrons. The predicted molar refractivity (Wildman–Crippen MR) is 89.1 cm³/mol. The summed E-state index contributed by atoms with van der Waals surface area (Å²) in [5.74, 6) is 0.609. The molecule has 0 spiro atoms. The van der Waals surface area contributed by atoms with E-state index in [4.69, 9.17) is 10.6 Å². The number of hydrogen-bond acceptors (Lipinski definition) is 9. The largest absolute Gasteiger partial charge is 0.397 e. The highest BCUT2D eigenvalue weighted by Gasteiger charge is 2.26. The van der Waals surface area contributed by atoms with Crippen molar-refractivity contribution in [3.8, 4) is 0 Å². The number of amidine groups is 1. The van der Waals surface area contributed by atoms with Crippen molar-refractivity contribution in [3.05, 3.63) is 40.1 Å². The van der Waals surface area contributed by atoms with Crippen molar-refractivity contribution in [1.29, 1.82) is 0 Å². The second-order valence-electron chi connectivity index (χ2n) is 5.34. The lowest BCUT2D eigenvalue weighted by Gasteiger charge is -2.36. The summed E-state index contributed by atoms with van der Waals surface area (Å²) >= 11 is 0. The number of nitrogens with zero attached hydrogens (tertiary/aromatic N) is 6. The lowest BCUT2D eigenvalue weighted by Crippen LogP contribution is -2.49. The lowest BCUT2D eigenvalue weighted by atomic mass is 10.2. The number of hydrogen-bond donors (Lipinski definition) is 1. The minimum absolute atomic E-state index is 0.0749. The van der Waals surface area contributed by atoms with E-state index in [-0.39, 0.29) is 11.5 Å². The monoisotopic (exact) mass is 347 g/mol. The maximum Gasteiger partial charge on any atom is 0.269 e. The third-order valence-electron chi connectivity index (χ3n) is 3.91. The van der Waals surface area contributed by atoms with Crippen molar-refractivity contribution in [2.24, 2.45) is 5.16 Å². The van der Waals surface area contributed by atoms with Crippen molar-refractivity contribution in [2.45, 2.75) is 0 Å². The molecule has 1 aromatic heterocycles. The fraction of sp³-hybridized carbons (Fsp3) is 0.357. The van der Waals surface area contributed by atoms with Gasteiger partial charge in [-0.05, 0) is 22.4 Å². The molecule has 1 aliphatic rings. The van der Waals surface area contributed by atoms with Crippen LogP contribution in [0, 0.1) is 10.1 Å². The van der Waals surface area contributed by atoms with Crippen LogP contribution in [0.25, 0.3) is 0 Å². The van der Waals surface area contributed by atoms with Crippen LogP contribution in [0.5, 0.6) is 0 Å². The first-order valence-electron chi connectivity index (χ1n) is 7.54. The van der Waals surface area contributed by atoms with Crippen LogP contribution in [0.4, 0.5) is 17.2 Å². The molecular formula is C14H17N7O4. The van der Waals surface area contributed by atoms with Crippen molar-refractivity contribution in [2.75, 3.05) is 43.9 Å². The first-order chi connectivity index (χ1) is 12.1. The number of nitro groups is 1. The number of anilines is 2. The topological polar surface area (TPSA) is 136 Å². The Hall–Kier alpha value is -3.37. The number of piperazine rings is 1. The van der Waals surface area contributed by atoms with Crippen molar-refractivity contribution in [3.63, 3.8) is 0 Å². The molecule has 1 fully saturated rings. The average Bonchev–Trinajstić information content (AvgIpc) is 3.06. The van der Waals surface area contributed by atoms with Crippen LogP contribution in [-0.4, -0.2) is 59.3 Å². The van der Waals surface area contributed by atoms with Crippen LogP contribution < -0.4 is 10.6 Å². The van der Waals surface area contributed by atoms with Gasteiger partial charge in [-0.1, -0.05) is 5.16 Å². The molecule has 1 aromatic carbocycles. The summed E-state index contributed by atoms with van der Waals surface area (Å²) < 4.78 is 4.63. The summed E-state index contributed by atoms with van der Waals surface area (Å²) in [5, 5.41) is 22.1. The number of non-ortho nitro benzene ring substituents is 1. The zero-order chi connectivity index (χ0) is 17.8. The fourth-order valence-corrected chi connectivity index (χ4v) is 2.65. The molecule has 11 nitrogen and oxygen atoms in total. The highest BCUT2D eigenvalue weighted by molar-refractivity contribution is 6.00. The average molecular weight is 347 g/mol. The standard InChI is InChI=1S/C14H17N7O4/c1-24-18-14(12-13(15)17-25-16-12)20-8-6-19(7-9-20)10-2-4-11(5-3-10)21(22)23/h2-5H,6-9H2,1H3,(H2,15,17)/b18-14-. The molecular weight excluding hydrogens is 330 g/mol. The predicted octanol–water partition coefficient (Wildman–Crippen LogP) is 0.690. The molecule has 2 heterocycles. The van der Waals surface area contributed by atoms with Gasteiger partial charge < -0.3 is 20.4 Å². The molecule has 25 heavy (non-hydrogen) atoms. The molecule has 11 heteroatoms. The number of nitrogen functional groups attached to an aromatic ring is 1. The van der Waals surface area contributed by atoms with Crippen LogP contribution >= 0.6 is 0 Å². The van der Waals surface area contributed by atoms with E-state index >= 15 is 0 Å². The summed E-state index contributed by atoms with van der Waals surface area (Å²) in [6.07, 6.45) is 0. The van der Waals surface area contributed by atoms with Gasteiger partial charge in [-0.25, -0.2) is 4.63 Å². The van der Waals surface area contributed by atoms with Gasteiger partial charge in [-0.15, -0.1) is 0 Å². The summed E-state index contributed by atoms with van der Waals surface area (Å²) in [7, 11) is 1.44. The number of oxime groups is 1. The van der Waals surface area contributed by atoms with Crippen molar-refractivity contribution >= 4 is 23.0 Å². The van der Waals surface area contributed by atoms with Gasteiger partial charge in [0, 0.05) is 44.0 Å². The van der Waals surface area contributed by atoms with Crippen molar-refractivity contribution in [1.82, 2.24) is 15.2 Å². The summed E-state index contributed by atoms with van der Waals surface area (Å²) in [4.78, 5) is 19.3. The lowest BCUT2D eigenvalue weighted by molar-refractivity contribution is -0.384. The van der Waals surface area contributed by atoms with Crippen LogP contribution in [0.2, 0.25) is 0 Å². The van der Waals surface area contributed by atoms with E-state index in [0.717, 1.165) is 5.69 Å². The van der Waals surface area contributed by atoms with Gasteiger partial charge in [-0.2, -0.15) is 0 Å². The molecule has 0 aliphatic carbocycles. The molecule has 1 saturated heterocycles. The maximum absolute atomic E-state index is 10.7. The number of nitro benzene ring substituents is 1. The van der Waals surface area contributed by atoms with Gasteiger partial charge in [0.05, 0.1) is 4.92 Å². The molecule has 0 atom stereocenters. The van der Waals surface area contributed by atoms with E-state index in [1.54, 1.807) is 12.1 Å². The summed E-state index contributed by atoms with van der Waals surface area (Å²) in [6, 6.07) is 6.50. The number of aromatic nitrogens is 2. The normalized spacial score (nSPS) is 15.3. The Morgan fingerprint density at radius 3 is 2.48 bits per heavy atom. The highest BCUT2D eigenvalue weighted by atomic mass is 16.6. The summed E-state index contributed by atoms with van der Waals surface area (Å²) in [5.41, 5.74) is 7.08. The van der Waals surface area contributed by atoms with E-state index in [2.05, 4.69) is 25.0 Å². The van der Waals surface area contributed by atoms with E-state index in [0.29, 0.717) is 37.7 Å². The second kappa shape index (κ2) is 7.03. The first kappa shape index (κ1) is 16.5. The Balaban J connectivity index is 1.69. The SMILES string of the molecule is CO/N=C(/c1nonc1N)N1CCN(c2ccc([N+](=O)[O-])cc2)CC1. The van der Waals surface area contributed by atoms with Gasteiger partial charge in [0.2, 0.25) is 5.84 Å². The molecule has 0 unspecified atom stereocenters. The van der Waals surface area contributed by atoms with E-state index in [1.807, 2.05) is 4.90 Å². The molecule has 0 amide bonds. The molecule has 1 aliphatic heterocycles. The second-order valence-corrected chi connectivity index (χ2v) is 5.34. The van der Waals surface area contributed by atoms with Crippen molar-refractivity contribution < 1.29 is 14.4 Å². The minimum atomic E-state index is -0.411. The number of benzene rings is 1. The van der Waals surface area contributed by atoms with E-state index in [9.17, 15) is 10.1 Å². The molecule has 0 bridgehead atoms. The summed E-state index contributed by atoms with van der Waals surface area (Å²) in [6.45, 7) is 2.69. The van der Waals surface area contributed by atoms with Gasteiger partial charge >= 0.3 is 0 Å². The van der Waals surface area contributed by atoms with E-state index < -0.39 is 4.92 Å². The van der Waals surface area contributed by atoms with Crippen LogP contribution in [0.3, 0.4) is 0 Å². The van der Waals surface area contributed by atoms with Gasteiger partial charge in [0.1, 0.15) is 7.11 Å². The van der Waals surface area contributed by atoms with Crippen LogP contribution in [0.1, 0.15) is 5.69 Å². The molecule has 3 rings (SSSR count). The van der Waals surface area contributed by atoms with E-state index in [1.165, 1.54) is 19.2 Å². The first-order valence-corrected chi connectivity index (χ1v) is 7.54. The Morgan fingerprint density at radius 1 is 1.28 bits per heavy atom. The highest BCUT2D eigenvalue weighted by Crippen LogP contribution is 2.21. The minimum Gasteiger partial charge on any atom is -0.397 e. The molecule has 132 valence electrons. The van der Waals surface area contributed by atoms with Gasteiger partial charge in [-0.3, -0.25) is 10.1 Å². The third kappa shape index (κ3) is 3.44. The Kier molecular flexibility index (Phi) is 4.64. The zero-order valence-electron chi connectivity index (χ0n) is 13.5. The Bertz CT molecular complexity index is 766. The molecule has 0 saturated carbocycles. The fourth-order valence-electron chi connectivity index (χ4n) is 2.65. The number of rotatable bonds is 4. The van der Waals surface area contributed by atoms with Gasteiger partial charge in [0.15, 0.2) is 11.5 Å². The molecule has 2 N–H and O–H groups in total. The Labute approximate surface area is 142 Å². The van der Waals surface area contributed by atoms with Crippen LogP contribution in [-0.2, 0) is 4.84 Å². The van der Waals surface area contributed by atoms with Gasteiger partial charge in [0.25, 0.3) is 5.69 Å². The smallest absolute Gasteiger partial charge is 0.269 e. The maximum atomic E-state index is 10.7. The third-order valence-corrected chi connectivity index (χ3v) is 3.91. The molecule has 2 aromatic rings. The number of nitrogens with two attached hydrogens (primary N) is 1.